The first-order chi connectivity index (χ1) is 14.6. The van der Waals surface area contributed by atoms with Crippen LogP contribution in [0.2, 0.25) is 0 Å². The third-order valence-electron chi connectivity index (χ3n) is 5.18. The van der Waals surface area contributed by atoms with Crippen molar-refractivity contribution in [2.45, 2.75) is 13.5 Å². The van der Waals surface area contributed by atoms with Crippen LogP contribution < -0.4 is 14.4 Å². The fourth-order valence-electron chi connectivity index (χ4n) is 3.62. The van der Waals surface area contributed by atoms with Crippen molar-refractivity contribution in [3.63, 3.8) is 0 Å². The predicted molar refractivity (Wildman–Crippen MR) is 120 cm³/mol. The maximum Gasteiger partial charge on any atom is 0.254 e. The van der Waals surface area contributed by atoms with Gasteiger partial charge in [0.1, 0.15) is 0 Å². The van der Waals surface area contributed by atoms with Crippen LogP contribution >= 0.6 is 0 Å². The summed E-state index contributed by atoms with van der Waals surface area (Å²) in [5.74, 6) is 1.09. The van der Waals surface area contributed by atoms with Crippen molar-refractivity contribution in [2.24, 2.45) is 0 Å². The van der Waals surface area contributed by atoms with Crippen LogP contribution in [0.1, 0.15) is 28.4 Å². The van der Waals surface area contributed by atoms with Gasteiger partial charge in [0.2, 0.25) is 0 Å². The number of hydrogen-bond donors (Lipinski definition) is 0. The minimum absolute atomic E-state index is 0.0704. The second-order valence-corrected chi connectivity index (χ2v) is 7.23. The lowest BCUT2D eigenvalue weighted by Crippen LogP contribution is -2.36. The number of rotatable bonds is 7. The number of nitrogens with zero attached hydrogens (tertiary/aromatic N) is 2. The zero-order chi connectivity index (χ0) is 21.5. The van der Waals surface area contributed by atoms with Gasteiger partial charge in [-0.1, -0.05) is 24.3 Å². The monoisotopic (exact) mass is 410 g/mol. The molecule has 1 fully saturated rings. The Balaban J connectivity index is 1.74. The first-order valence-electron chi connectivity index (χ1n) is 10.1. The summed E-state index contributed by atoms with van der Waals surface area (Å²) in [5.41, 5.74) is 3.64. The van der Waals surface area contributed by atoms with E-state index in [0.29, 0.717) is 23.6 Å². The molecule has 2 aromatic rings. The molecule has 6 nitrogen and oxygen atoms in total. The number of methoxy groups -OCH3 is 2. The molecule has 3 rings (SSSR count). The Bertz CT molecular complexity index is 887. The lowest BCUT2D eigenvalue weighted by atomic mass is 10.1. The molecule has 1 heterocycles. The molecule has 0 aromatic heterocycles. The summed E-state index contributed by atoms with van der Waals surface area (Å²) in [4.78, 5) is 17.1. The molecule has 0 aliphatic carbocycles. The van der Waals surface area contributed by atoms with E-state index in [1.165, 1.54) is 5.69 Å². The van der Waals surface area contributed by atoms with Gasteiger partial charge in [-0.25, -0.2) is 0 Å². The number of carbonyl (C=O) groups is 1. The van der Waals surface area contributed by atoms with Gasteiger partial charge in [-0.05, 0) is 36.8 Å². The van der Waals surface area contributed by atoms with Gasteiger partial charge >= 0.3 is 0 Å². The Morgan fingerprint density at radius 3 is 2.43 bits per heavy atom. The highest BCUT2D eigenvalue weighted by Crippen LogP contribution is 2.34. The molecule has 0 unspecified atom stereocenters. The Morgan fingerprint density at radius 1 is 1.13 bits per heavy atom. The molecule has 160 valence electrons. The van der Waals surface area contributed by atoms with Crippen LogP contribution in [0, 0.1) is 0 Å². The van der Waals surface area contributed by atoms with E-state index < -0.39 is 0 Å². The van der Waals surface area contributed by atoms with Gasteiger partial charge in [0.25, 0.3) is 5.91 Å². The smallest absolute Gasteiger partial charge is 0.254 e. The molecule has 2 aromatic carbocycles. The van der Waals surface area contributed by atoms with Gasteiger partial charge in [0.05, 0.1) is 27.4 Å². The van der Waals surface area contributed by atoms with E-state index in [-0.39, 0.29) is 5.91 Å². The van der Waals surface area contributed by atoms with E-state index in [1.807, 2.05) is 32.2 Å². The lowest BCUT2D eigenvalue weighted by molar-refractivity contribution is 0.0784. The van der Waals surface area contributed by atoms with Gasteiger partial charge in [0, 0.05) is 43.5 Å². The molecule has 30 heavy (non-hydrogen) atoms. The molecule has 0 spiro atoms. The highest BCUT2D eigenvalue weighted by Gasteiger charge is 2.18. The summed E-state index contributed by atoms with van der Waals surface area (Å²) in [6.07, 6.45) is 3.81. The fraction of sp³-hybridized carbons (Fsp3) is 0.375. The minimum atomic E-state index is -0.0704. The number of anilines is 1. The Labute approximate surface area is 178 Å². The first-order valence-corrected chi connectivity index (χ1v) is 10.1. The van der Waals surface area contributed by atoms with Gasteiger partial charge in [-0.15, -0.1) is 0 Å². The molecule has 1 amide bonds. The molecular weight excluding hydrogens is 380 g/mol. The van der Waals surface area contributed by atoms with E-state index in [4.69, 9.17) is 14.2 Å². The number of hydrogen-bond acceptors (Lipinski definition) is 5. The van der Waals surface area contributed by atoms with Crippen LogP contribution in [0.4, 0.5) is 5.69 Å². The lowest BCUT2D eigenvalue weighted by Gasteiger charge is -2.29. The summed E-state index contributed by atoms with van der Waals surface area (Å²) < 4.78 is 16.3. The SMILES string of the molecule is CC=Cc1cc(C(=O)N(C)Cc2ccc(N3CCOCC3)cc2)cc(OC)c1OC. The van der Waals surface area contributed by atoms with Gasteiger partial charge in [0.15, 0.2) is 11.5 Å². The van der Waals surface area contributed by atoms with Crippen molar-refractivity contribution in [1.29, 1.82) is 0 Å². The van der Waals surface area contributed by atoms with Crippen LogP contribution in [0.3, 0.4) is 0 Å². The van der Waals surface area contributed by atoms with Crippen LogP contribution in [0.25, 0.3) is 6.08 Å². The third-order valence-corrected chi connectivity index (χ3v) is 5.18. The molecule has 1 saturated heterocycles. The predicted octanol–water partition coefficient (Wildman–Crippen LogP) is 3.85. The van der Waals surface area contributed by atoms with Crippen LogP contribution in [0.5, 0.6) is 11.5 Å². The number of amides is 1. The van der Waals surface area contributed by atoms with E-state index >= 15 is 0 Å². The van der Waals surface area contributed by atoms with Crippen molar-refractivity contribution in [3.05, 3.63) is 59.2 Å². The van der Waals surface area contributed by atoms with Gasteiger partial charge < -0.3 is 24.0 Å². The van der Waals surface area contributed by atoms with Crippen molar-refractivity contribution in [1.82, 2.24) is 4.90 Å². The molecule has 1 aliphatic heterocycles. The van der Waals surface area contributed by atoms with E-state index in [9.17, 15) is 4.79 Å². The van der Waals surface area contributed by atoms with Crippen LogP contribution in [-0.2, 0) is 11.3 Å². The Hall–Kier alpha value is -2.99. The maximum atomic E-state index is 13.1. The van der Waals surface area contributed by atoms with Crippen molar-refractivity contribution in [2.75, 3.05) is 52.5 Å². The van der Waals surface area contributed by atoms with Crippen LogP contribution in [0.15, 0.2) is 42.5 Å². The van der Waals surface area contributed by atoms with Crippen molar-refractivity contribution < 1.29 is 19.0 Å². The molecule has 0 N–H and O–H groups in total. The standard InChI is InChI=1S/C24H30N2O4/c1-5-6-19-15-20(16-22(28-3)23(19)29-4)24(27)25(2)17-18-7-9-21(10-8-18)26-11-13-30-14-12-26/h5-10,15-16H,11-14,17H2,1-4H3. The third kappa shape index (κ3) is 4.94. The minimum Gasteiger partial charge on any atom is -0.493 e. The second kappa shape index (κ2) is 10.2. The van der Waals surface area contributed by atoms with Gasteiger partial charge in [-0.3, -0.25) is 4.79 Å². The van der Waals surface area contributed by atoms with Crippen molar-refractivity contribution >= 4 is 17.7 Å². The molecule has 6 heteroatoms. The topological polar surface area (TPSA) is 51.2 Å². The Kier molecular flexibility index (Phi) is 7.36. The molecular formula is C24H30N2O4. The average molecular weight is 411 g/mol. The second-order valence-electron chi connectivity index (χ2n) is 7.23. The zero-order valence-corrected chi connectivity index (χ0v) is 18.2. The average Bonchev–Trinajstić information content (AvgIpc) is 2.79. The number of allylic oxidation sites excluding steroid dienone is 1. The molecule has 0 bridgehead atoms. The number of carbonyl (C=O) groups excluding carboxylic acids is 1. The molecule has 0 radical (unpaired) electrons. The molecule has 0 atom stereocenters. The highest BCUT2D eigenvalue weighted by molar-refractivity contribution is 5.95. The fourth-order valence-corrected chi connectivity index (χ4v) is 3.62. The highest BCUT2D eigenvalue weighted by atomic mass is 16.5. The van der Waals surface area contributed by atoms with E-state index in [0.717, 1.165) is 37.4 Å². The summed E-state index contributed by atoms with van der Waals surface area (Å²) in [6.45, 7) is 5.79. The summed E-state index contributed by atoms with van der Waals surface area (Å²) >= 11 is 0. The summed E-state index contributed by atoms with van der Waals surface area (Å²) in [5, 5.41) is 0. The zero-order valence-electron chi connectivity index (χ0n) is 18.2. The molecule has 1 aliphatic rings. The number of benzene rings is 2. The number of morpholine rings is 1. The molecule has 0 saturated carbocycles. The Morgan fingerprint density at radius 2 is 1.83 bits per heavy atom. The van der Waals surface area contributed by atoms with E-state index in [1.54, 1.807) is 25.2 Å². The summed E-state index contributed by atoms with van der Waals surface area (Å²) in [7, 11) is 4.98. The van der Waals surface area contributed by atoms with Gasteiger partial charge in [-0.2, -0.15) is 0 Å². The first kappa shape index (κ1) is 21.7. The van der Waals surface area contributed by atoms with Crippen LogP contribution in [-0.4, -0.2) is 58.4 Å². The quantitative estimate of drug-likeness (QED) is 0.694. The number of ether oxygens (including phenoxy) is 3. The largest absolute Gasteiger partial charge is 0.493 e. The van der Waals surface area contributed by atoms with E-state index in [2.05, 4.69) is 29.2 Å². The summed E-state index contributed by atoms with van der Waals surface area (Å²) in [6, 6.07) is 11.9. The normalized spacial score (nSPS) is 14.1. The maximum absolute atomic E-state index is 13.1. The van der Waals surface area contributed by atoms with Crippen molar-refractivity contribution in [3.8, 4) is 11.5 Å².